The van der Waals surface area contributed by atoms with Crippen LogP contribution in [0.15, 0.2) is 48.5 Å². The fourth-order valence-corrected chi connectivity index (χ4v) is 1.30. The average molecular weight is 202 g/mol. The van der Waals surface area contributed by atoms with E-state index in [1.165, 1.54) is 12.1 Å². The largest absolute Gasteiger partial charge is 0.397 e. The van der Waals surface area contributed by atoms with Crippen LogP contribution in [0.3, 0.4) is 0 Å². The van der Waals surface area contributed by atoms with Crippen molar-refractivity contribution in [2.75, 3.05) is 11.1 Å². The third-order valence-electron chi connectivity index (χ3n) is 2.08. The van der Waals surface area contributed by atoms with E-state index < -0.39 is 0 Å². The lowest BCUT2D eigenvalue weighted by atomic mass is 10.2. The van der Waals surface area contributed by atoms with E-state index in [2.05, 4.69) is 5.32 Å². The number of para-hydroxylation sites is 2. The third-order valence-corrected chi connectivity index (χ3v) is 2.08. The van der Waals surface area contributed by atoms with Gasteiger partial charge >= 0.3 is 0 Å². The van der Waals surface area contributed by atoms with Gasteiger partial charge in [-0.3, -0.25) is 0 Å². The molecular weight excluding hydrogens is 191 g/mol. The second kappa shape index (κ2) is 4.00. The van der Waals surface area contributed by atoms with Crippen LogP contribution in [0.1, 0.15) is 0 Å². The molecule has 0 heterocycles. The molecule has 2 aromatic carbocycles. The van der Waals surface area contributed by atoms with Gasteiger partial charge in [0.1, 0.15) is 5.82 Å². The van der Waals surface area contributed by atoms with Gasteiger partial charge in [0.2, 0.25) is 0 Å². The summed E-state index contributed by atoms with van der Waals surface area (Å²) in [5.74, 6) is -0.249. The first kappa shape index (κ1) is 9.52. The lowest BCUT2D eigenvalue weighted by Crippen LogP contribution is -1.95. The highest BCUT2D eigenvalue weighted by Gasteiger charge is 1.98. The van der Waals surface area contributed by atoms with E-state index in [9.17, 15) is 4.39 Å². The molecular formula is C12H11FN2. The highest BCUT2D eigenvalue weighted by molar-refractivity contribution is 5.72. The zero-order valence-electron chi connectivity index (χ0n) is 8.07. The Bertz CT molecular complexity index is 451. The minimum atomic E-state index is -0.249. The molecule has 0 saturated carbocycles. The van der Waals surface area contributed by atoms with Crippen molar-refractivity contribution in [3.05, 3.63) is 54.3 Å². The van der Waals surface area contributed by atoms with Crippen LogP contribution in [0.4, 0.5) is 21.5 Å². The molecule has 0 aliphatic carbocycles. The molecule has 0 radical (unpaired) electrons. The van der Waals surface area contributed by atoms with Crippen molar-refractivity contribution in [2.24, 2.45) is 0 Å². The summed E-state index contributed by atoms with van der Waals surface area (Å²) in [7, 11) is 0. The molecule has 2 aromatic rings. The van der Waals surface area contributed by atoms with Crippen LogP contribution >= 0.6 is 0 Å². The van der Waals surface area contributed by atoms with E-state index >= 15 is 0 Å². The first-order chi connectivity index (χ1) is 7.25. The Morgan fingerprint density at radius 1 is 0.933 bits per heavy atom. The summed E-state index contributed by atoms with van der Waals surface area (Å²) in [4.78, 5) is 0. The number of nitrogens with one attached hydrogen (secondary N) is 1. The lowest BCUT2D eigenvalue weighted by Gasteiger charge is -2.08. The number of rotatable bonds is 2. The van der Waals surface area contributed by atoms with Gasteiger partial charge in [-0.15, -0.1) is 0 Å². The van der Waals surface area contributed by atoms with E-state index in [1.807, 2.05) is 24.3 Å². The second-order valence-electron chi connectivity index (χ2n) is 3.22. The summed E-state index contributed by atoms with van der Waals surface area (Å²) in [6.45, 7) is 0. The Labute approximate surface area is 87.5 Å². The predicted octanol–water partition coefficient (Wildman–Crippen LogP) is 3.15. The Morgan fingerprint density at radius 3 is 2.27 bits per heavy atom. The van der Waals surface area contributed by atoms with Gasteiger partial charge < -0.3 is 11.1 Å². The molecule has 0 spiro atoms. The Morgan fingerprint density at radius 2 is 1.60 bits per heavy atom. The van der Waals surface area contributed by atoms with Crippen LogP contribution in [-0.2, 0) is 0 Å². The topological polar surface area (TPSA) is 38.0 Å². The quantitative estimate of drug-likeness (QED) is 0.734. The van der Waals surface area contributed by atoms with E-state index in [4.69, 9.17) is 5.73 Å². The molecule has 0 amide bonds. The van der Waals surface area contributed by atoms with Crippen LogP contribution in [-0.4, -0.2) is 0 Å². The Kier molecular flexibility index (Phi) is 2.54. The number of hydrogen-bond acceptors (Lipinski definition) is 2. The fraction of sp³-hybridized carbons (Fsp3) is 0. The van der Waals surface area contributed by atoms with Gasteiger partial charge in [-0.25, -0.2) is 4.39 Å². The molecule has 2 rings (SSSR count). The summed E-state index contributed by atoms with van der Waals surface area (Å²) in [5.41, 5.74) is 8.07. The highest BCUT2D eigenvalue weighted by atomic mass is 19.1. The average Bonchev–Trinajstić information content (AvgIpc) is 2.25. The van der Waals surface area contributed by atoms with Gasteiger partial charge in [0.05, 0.1) is 11.4 Å². The lowest BCUT2D eigenvalue weighted by molar-refractivity contribution is 0.628. The van der Waals surface area contributed by atoms with E-state index in [-0.39, 0.29) is 5.82 Å². The number of anilines is 3. The van der Waals surface area contributed by atoms with Gasteiger partial charge in [-0.05, 0) is 36.4 Å². The van der Waals surface area contributed by atoms with Crippen LogP contribution < -0.4 is 11.1 Å². The molecule has 0 aliphatic heterocycles. The minimum absolute atomic E-state index is 0.249. The maximum absolute atomic E-state index is 12.7. The fourth-order valence-electron chi connectivity index (χ4n) is 1.30. The first-order valence-electron chi connectivity index (χ1n) is 4.63. The number of nitrogens with two attached hydrogens (primary N) is 1. The molecule has 76 valence electrons. The smallest absolute Gasteiger partial charge is 0.123 e. The predicted molar refractivity (Wildman–Crippen MR) is 60.5 cm³/mol. The number of benzene rings is 2. The Balaban J connectivity index is 2.22. The van der Waals surface area contributed by atoms with Crippen LogP contribution in [0, 0.1) is 5.82 Å². The maximum atomic E-state index is 12.7. The maximum Gasteiger partial charge on any atom is 0.123 e. The standard InChI is InChI=1S/C12H11FN2/c13-9-5-7-10(8-6-9)15-12-4-2-1-3-11(12)14/h1-8,15H,14H2. The molecule has 0 bridgehead atoms. The van der Waals surface area contributed by atoms with Crippen molar-refractivity contribution in [3.8, 4) is 0 Å². The van der Waals surface area contributed by atoms with Crippen molar-refractivity contribution in [1.82, 2.24) is 0 Å². The summed E-state index contributed by atoms with van der Waals surface area (Å²) < 4.78 is 12.7. The van der Waals surface area contributed by atoms with Gasteiger partial charge in [-0.2, -0.15) is 0 Å². The van der Waals surface area contributed by atoms with Crippen LogP contribution in [0.2, 0.25) is 0 Å². The normalized spacial score (nSPS) is 9.93. The molecule has 3 N–H and O–H groups in total. The Hall–Kier alpha value is -2.03. The van der Waals surface area contributed by atoms with Crippen molar-refractivity contribution in [2.45, 2.75) is 0 Å². The first-order valence-corrected chi connectivity index (χ1v) is 4.63. The zero-order chi connectivity index (χ0) is 10.7. The number of hydrogen-bond donors (Lipinski definition) is 2. The summed E-state index contributed by atoms with van der Waals surface area (Å²) in [6, 6.07) is 13.6. The van der Waals surface area contributed by atoms with Gasteiger partial charge in [-0.1, -0.05) is 12.1 Å². The summed E-state index contributed by atoms with van der Waals surface area (Å²) in [5, 5.41) is 3.11. The summed E-state index contributed by atoms with van der Waals surface area (Å²) >= 11 is 0. The van der Waals surface area contributed by atoms with Gasteiger partial charge in [0, 0.05) is 5.69 Å². The van der Waals surface area contributed by atoms with E-state index in [1.54, 1.807) is 12.1 Å². The van der Waals surface area contributed by atoms with Crippen molar-refractivity contribution >= 4 is 17.1 Å². The van der Waals surface area contributed by atoms with Crippen LogP contribution in [0.5, 0.6) is 0 Å². The van der Waals surface area contributed by atoms with Gasteiger partial charge in [0.15, 0.2) is 0 Å². The van der Waals surface area contributed by atoms with Gasteiger partial charge in [0.25, 0.3) is 0 Å². The molecule has 0 aromatic heterocycles. The summed E-state index contributed by atoms with van der Waals surface area (Å²) in [6.07, 6.45) is 0. The van der Waals surface area contributed by atoms with Crippen molar-refractivity contribution in [1.29, 1.82) is 0 Å². The molecule has 0 saturated heterocycles. The SMILES string of the molecule is Nc1ccccc1Nc1ccc(F)cc1. The van der Waals surface area contributed by atoms with Crippen molar-refractivity contribution < 1.29 is 4.39 Å². The number of halogens is 1. The molecule has 0 unspecified atom stereocenters. The molecule has 0 fully saturated rings. The highest BCUT2D eigenvalue weighted by Crippen LogP contribution is 2.22. The van der Waals surface area contributed by atoms with E-state index in [0.717, 1.165) is 11.4 Å². The molecule has 0 atom stereocenters. The second-order valence-corrected chi connectivity index (χ2v) is 3.22. The molecule has 15 heavy (non-hydrogen) atoms. The van der Waals surface area contributed by atoms with Crippen LogP contribution in [0.25, 0.3) is 0 Å². The zero-order valence-corrected chi connectivity index (χ0v) is 8.07. The number of nitrogen functional groups attached to an aromatic ring is 1. The third kappa shape index (κ3) is 2.26. The monoisotopic (exact) mass is 202 g/mol. The molecule has 2 nitrogen and oxygen atoms in total. The minimum Gasteiger partial charge on any atom is -0.397 e. The van der Waals surface area contributed by atoms with Crippen molar-refractivity contribution in [3.63, 3.8) is 0 Å². The molecule has 3 heteroatoms. The molecule has 0 aliphatic rings. The van der Waals surface area contributed by atoms with E-state index in [0.29, 0.717) is 5.69 Å².